The molecule has 0 spiro atoms. The fourth-order valence-electron chi connectivity index (χ4n) is 2.53. The van der Waals surface area contributed by atoms with Crippen LogP contribution in [0.25, 0.3) is 0 Å². The number of amides is 1. The van der Waals surface area contributed by atoms with Crippen LogP contribution in [0, 0.1) is 8.98 Å². The number of nitrogens with one attached hydrogen (secondary N) is 3. The minimum Gasteiger partial charge on any atom is -0.397 e. The lowest BCUT2D eigenvalue weighted by molar-refractivity contribution is 0.102. The number of nitrogen functional groups attached to an aromatic ring is 1. The molecule has 0 atom stereocenters. The highest BCUT2D eigenvalue weighted by atomic mass is 127. The Morgan fingerprint density at radius 1 is 1.19 bits per heavy atom. The number of hydrogen-bond donors (Lipinski definition) is 4. The highest BCUT2D eigenvalue weighted by molar-refractivity contribution is 14.1. The zero-order valence-corrected chi connectivity index (χ0v) is 16.5. The summed E-state index contributed by atoms with van der Waals surface area (Å²) in [6.07, 6.45) is 4.73. The van der Waals surface area contributed by atoms with Crippen LogP contribution in [0.3, 0.4) is 0 Å². The lowest BCUT2D eigenvalue weighted by atomic mass is 10.1. The number of carbonyl (C=O) groups excluding carboxylic acids is 1. The number of halogens is 1. The summed E-state index contributed by atoms with van der Waals surface area (Å²) >= 11 is 2.16. The summed E-state index contributed by atoms with van der Waals surface area (Å²) in [7, 11) is 0. The zero-order valence-electron chi connectivity index (χ0n) is 14.4. The van der Waals surface area contributed by atoms with Gasteiger partial charge in [-0.15, -0.1) is 0 Å². The van der Waals surface area contributed by atoms with Crippen LogP contribution in [-0.4, -0.2) is 17.1 Å². The number of nitrogens with two attached hydrogens (primary N) is 1. The second-order valence-corrected chi connectivity index (χ2v) is 7.09. The van der Waals surface area contributed by atoms with Gasteiger partial charge in [-0.3, -0.25) is 9.78 Å². The van der Waals surface area contributed by atoms with Gasteiger partial charge in [0.15, 0.2) is 0 Å². The molecule has 5 N–H and O–H groups in total. The van der Waals surface area contributed by atoms with Crippen molar-refractivity contribution in [1.29, 1.82) is 5.41 Å². The summed E-state index contributed by atoms with van der Waals surface area (Å²) in [5.41, 5.74) is 9.92. The molecule has 1 heterocycles. The average molecular weight is 471 g/mol. The Hall–Kier alpha value is -2.94. The van der Waals surface area contributed by atoms with E-state index in [0.717, 1.165) is 14.8 Å². The molecule has 0 unspecified atom stereocenters. The third-order valence-corrected chi connectivity index (χ3v) is 4.61. The van der Waals surface area contributed by atoms with Gasteiger partial charge in [0, 0.05) is 45.5 Å². The third kappa shape index (κ3) is 4.82. The molecule has 136 valence electrons. The molecule has 3 aromatic rings. The standard InChI is InChI=1S/C20H18IN5O/c21-16-4-6-19(17(23)9-16)26-20(27)14-3-5-18(15(8-14)10-22)25-12-13-2-1-7-24-11-13/h1-11,22,25H,12,23H2,(H,26,27). The van der Waals surface area contributed by atoms with E-state index in [1.807, 2.05) is 18.2 Å². The van der Waals surface area contributed by atoms with Gasteiger partial charge < -0.3 is 21.8 Å². The molecule has 0 bridgehead atoms. The summed E-state index contributed by atoms with van der Waals surface area (Å²) < 4.78 is 0.998. The Bertz CT molecular complexity index is 975. The largest absolute Gasteiger partial charge is 0.397 e. The molecule has 0 saturated heterocycles. The molecule has 1 aromatic heterocycles. The van der Waals surface area contributed by atoms with Crippen molar-refractivity contribution in [1.82, 2.24) is 4.98 Å². The Balaban J connectivity index is 1.74. The fourth-order valence-corrected chi connectivity index (χ4v) is 3.04. The van der Waals surface area contributed by atoms with Crippen molar-refractivity contribution in [3.63, 3.8) is 0 Å². The fraction of sp³-hybridized carbons (Fsp3) is 0.0500. The monoisotopic (exact) mass is 471 g/mol. The molecule has 1 amide bonds. The van der Waals surface area contributed by atoms with E-state index in [2.05, 4.69) is 38.2 Å². The second kappa shape index (κ2) is 8.63. The van der Waals surface area contributed by atoms with Gasteiger partial charge in [-0.1, -0.05) is 6.07 Å². The Labute approximate surface area is 170 Å². The van der Waals surface area contributed by atoms with Gasteiger partial charge in [-0.25, -0.2) is 0 Å². The minimum absolute atomic E-state index is 0.273. The van der Waals surface area contributed by atoms with Crippen molar-refractivity contribution >= 4 is 51.8 Å². The van der Waals surface area contributed by atoms with Crippen LogP contribution in [0.4, 0.5) is 17.1 Å². The van der Waals surface area contributed by atoms with Crippen molar-refractivity contribution in [2.45, 2.75) is 6.54 Å². The van der Waals surface area contributed by atoms with Gasteiger partial charge in [0.05, 0.1) is 11.4 Å². The number of anilines is 3. The Morgan fingerprint density at radius 2 is 2.00 bits per heavy atom. The van der Waals surface area contributed by atoms with Crippen LogP contribution in [0.2, 0.25) is 0 Å². The van der Waals surface area contributed by atoms with E-state index >= 15 is 0 Å². The number of aromatic nitrogens is 1. The molecule has 6 nitrogen and oxygen atoms in total. The normalized spacial score (nSPS) is 10.3. The molecule has 0 saturated carbocycles. The van der Waals surface area contributed by atoms with Crippen LogP contribution in [-0.2, 0) is 6.54 Å². The minimum atomic E-state index is -0.273. The van der Waals surface area contributed by atoms with Gasteiger partial charge in [0.1, 0.15) is 0 Å². The van der Waals surface area contributed by atoms with Crippen molar-refractivity contribution in [2.75, 3.05) is 16.4 Å². The van der Waals surface area contributed by atoms with E-state index < -0.39 is 0 Å². The van der Waals surface area contributed by atoms with E-state index in [1.54, 1.807) is 42.7 Å². The van der Waals surface area contributed by atoms with Gasteiger partial charge in [0.25, 0.3) is 5.91 Å². The highest BCUT2D eigenvalue weighted by Crippen LogP contribution is 2.23. The van der Waals surface area contributed by atoms with Crippen molar-refractivity contribution in [3.8, 4) is 0 Å². The number of benzene rings is 2. The molecule has 0 aliphatic rings. The zero-order chi connectivity index (χ0) is 19.2. The van der Waals surface area contributed by atoms with Crippen LogP contribution in [0.1, 0.15) is 21.5 Å². The summed E-state index contributed by atoms with van der Waals surface area (Å²) in [6, 6.07) is 14.5. The number of hydrogen-bond acceptors (Lipinski definition) is 5. The smallest absolute Gasteiger partial charge is 0.255 e. The molecule has 0 aliphatic carbocycles. The van der Waals surface area contributed by atoms with Crippen LogP contribution >= 0.6 is 22.6 Å². The van der Waals surface area contributed by atoms with Gasteiger partial charge >= 0.3 is 0 Å². The SMILES string of the molecule is N=Cc1cc(C(=O)Nc2ccc(I)cc2N)ccc1NCc1cccnc1. The number of rotatable bonds is 6. The number of nitrogens with zero attached hydrogens (tertiary/aromatic N) is 1. The summed E-state index contributed by atoms with van der Waals surface area (Å²) in [5.74, 6) is -0.273. The molecular formula is C20H18IN5O. The van der Waals surface area contributed by atoms with Crippen LogP contribution in [0.15, 0.2) is 60.9 Å². The summed E-state index contributed by atoms with van der Waals surface area (Å²) in [5, 5.41) is 13.7. The Morgan fingerprint density at radius 3 is 2.70 bits per heavy atom. The van der Waals surface area contributed by atoms with Crippen LogP contribution in [0.5, 0.6) is 0 Å². The van der Waals surface area contributed by atoms with Crippen LogP contribution < -0.4 is 16.4 Å². The van der Waals surface area contributed by atoms with Crippen molar-refractivity contribution < 1.29 is 4.79 Å². The first-order chi connectivity index (χ1) is 13.1. The maximum atomic E-state index is 12.5. The van der Waals surface area contributed by atoms with Crippen molar-refractivity contribution in [3.05, 3.63) is 81.2 Å². The molecule has 2 aromatic carbocycles. The predicted octanol–water partition coefficient (Wildman–Crippen LogP) is 4.13. The Kier molecular flexibility index (Phi) is 6.02. The number of pyridine rings is 1. The molecule has 0 fully saturated rings. The van der Waals surface area contributed by atoms with E-state index in [1.165, 1.54) is 6.21 Å². The highest BCUT2D eigenvalue weighted by Gasteiger charge is 2.11. The summed E-state index contributed by atoms with van der Waals surface area (Å²) in [6.45, 7) is 0.583. The predicted molar refractivity (Wildman–Crippen MR) is 117 cm³/mol. The summed E-state index contributed by atoms with van der Waals surface area (Å²) in [4.78, 5) is 16.6. The van der Waals surface area contributed by atoms with E-state index in [0.29, 0.717) is 29.0 Å². The lowest BCUT2D eigenvalue weighted by Gasteiger charge is -2.12. The molecule has 27 heavy (non-hydrogen) atoms. The molecule has 0 aliphatic heterocycles. The van der Waals surface area contributed by atoms with E-state index in [-0.39, 0.29) is 5.91 Å². The first-order valence-corrected chi connectivity index (χ1v) is 9.28. The maximum absolute atomic E-state index is 12.5. The average Bonchev–Trinajstić information content (AvgIpc) is 2.69. The second-order valence-electron chi connectivity index (χ2n) is 5.85. The van der Waals surface area contributed by atoms with Crippen molar-refractivity contribution in [2.24, 2.45) is 0 Å². The third-order valence-electron chi connectivity index (χ3n) is 3.94. The number of carbonyl (C=O) groups is 1. The molecule has 7 heteroatoms. The quantitative estimate of drug-likeness (QED) is 0.247. The van der Waals surface area contributed by atoms with Gasteiger partial charge in [0.2, 0.25) is 0 Å². The maximum Gasteiger partial charge on any atom is 0.255 e. The molecule has 3 rings (SSSR count). The molecular weight excluding hydrogens is 453 g/mol. The topological polar surface area (TPSA) is 104 Å². The van der Waals surface area contributed by atoms with Gasteiger partial charge in [-0.05, 0) is 70.6 Å². The van der Waals surface area contributed by atoms with E-state index in [4.69, 9.17) is 11.1 Å². The first kappa shape index (κ1) is 18.8. The first-order valence-electron chi connectivity index (χ1n) is 8.20. The lowest BCUT2D eigenvalue weighted by Crippen LogP contribution is -2.14. The molecule has 0 radical (unpaired) electrons. The van der Waals surface area contributed by atoms with Gasteiger partial charge in [-0.2, -0.15) is 0 Å². The van der Waals surface area contributed by atoms with E-state index in [9.17, 15) is 4.79 Å².